The van der Waals surface area contributed by atoms with Crippen LogP contribution in [0, 0.1) is 0 Å². The third-order valence-corrected chi connectivity index (χ3v) is 3.85. The van der Waals surface area contributed by atoms with E-state index in [1.807, 2.05) is 38.1 Å². The molecule has 0 aliphatic carbocycles. The number of imide groups is 1. The highest BCUT2D eigenvalue weighted by molar-refractivity contribution is 5.99. The van der Waals surface area contributed by atoms with Crippen LogP contribution >= 0.6 is 0 Å². The predicted molar refractivity (Wildman–Crippen MR) is 74.4 cm³/mol. The third-order valence-electron chi connectivity index (χ3n) is 3.85. The molecular formula is C15H20N2O2. The lowest BCUT2D eigenvalue weighted by molar-refractivity contribution is -0.151. The van der Waals surface area contributed by atoms with E-state index in [1.165, 1.54) is 4.90 Å². The summed E-state index contributed by atoms with van der Waals surface area (Å²) in [5.41, 5.74) is 7.49. The Hall–Kier alpha value is -1.84. The topological polar surface area (TPSA) is 63.4 Å². The average molecular weight is 260 g/mol. The number of nitrogens with zero attached hydrogens (tertiary/aromatic N) is 1. The van der Waals surface area contributed by atoms with Gasteiger partial charge in [-0.15, -0.1) is 0 Å². The van der Waals surface area contributed by atoms with E-state index in [-0.39, 0.29) is 23.8 Å². The quantitative estimate of drug-likeness (QED) is 0.670. The van der Waals surface area contributed by atoms with Crippen LogP contribution in [0.25, 0.3) is 0 Å². The molecule has 19 heavy (non-hydrogen) atoms. The van der Waals surface area contributed by atoms with Crippen molar-refractivity contribution in [2.75, 3.05) is 5.73 Å². The molecule has 1 aliphatic heterocycles. The van der Waals surface area contributed by atoms with Crippen molar-refractivity contribution in [3.63, 3.8) is 0 Å². The number of piperidine rings is 1. The number of benzene rings is 1. The van der Waals surface area contributed by atoms with Gasteiger partial charge in [-0.2, -0.15) is 0 Å². The molecule has 4 heteroatoms. The molecule has 0 bridgehead atoms. The highest BCUT2D eigenvalue weighted by Crippen LogP contribution is 2.33. The molecule has 4 nitrogen and oxygen atoms in total. The van der Waals surface area contributed by atoms with Crippen molar-refractivity contribution in [1.82, 2.24) is 4.90 Å². The number of nitrogen functional groups attached to an aromatic ring is 1. The van der Waals surface area contributed by atoms with Gasteiger partial charge in [0.2, 0.25) is 11.8 Å². The fourth-order valence-electron chi connectivity index (χ4n) is 2.61. The van der Waals surface area contributed by atoms with Crippen LogP contribution in [0.15, 0.2) is 24.3 Å². The molecule has 102 valence electrons. The van der Waals surface area contributed by atoms with Gasteiger partial charge >= 0.3 is 0 Å². The molecule has 0 radical (unpaired) electrons. The van der Waals surface area contributed by atoms with Crippen LogP contribution in [0.3, 0.4) is 0 Å². The lowest BCUT2D eigenvalue weighted by Gasteiger charge is -2.34. The Kier molecular flexibility index (Phi) is 3.88. The molecule has 1 heterocycles. The van der Waals surface area contributed by atoms with Crippen LogP contribution in [0.4, 0.5) is 5.69 Å². The second kappa shape index (κ2) is 5.43. The smallest absolute Gasteiger partial charge is 0.230 e. The summed E-state index contributed by atoms with van der Waals surface area (Å²) >= 11 is 0. The maximum atomic E-state index is 12.2. The summed E-state index contributed by atoms with van der Waals surface area (Å²) < 4.78 is 0. The molecule has 0 saturated carbocycles. The molecule has 2 amide bonds. The molecule has 0 aromatic heterocycles. The second-order valence-electron chi connectivity index (χ2n) is 5.15. The fourth-order valence-corrected chi connectivity index (χ4v) is 2.61. The zero-order valence-corrected chi connectivity index (χ0v) is 11.4. The van der Waals surface area contributed by atoms with Gasteiger partial charge in [0, 0.05) is 30.5 Å². The molecular weight excluding hydrogens is 240 g/mol. The molecule has 1 saturated heterocycles. The minimum absolute atomic E-state index is 0.0194. The van der Waals surface area contributed by atoms with Gasteiger partial charge in [0.1, 0.15) is 0 Å². The maximum absolute atomic E-state index is 12.2. The monoisotopic (exact) mass is 260 g/mol. The highest BCUT2D eigenvalue weighted by Gasteiger charge is 2.35. The van der Waals surface area contributed by atoms with E-state index in [4.69, 9.17) is 5.73 Å². The summed E-state index contributed by atoms with van der Waals surface area (Å²) in [6.07, 6.45) is 1.52. The van der Waals surface area contributed by atoms with Gasteiger partial charge in [-0.05, 0) is 25.0 Å². The van der Waals surface area contributed by atoms with Gasteiger partial charge in [-0.3, -0.25) is 14.5 Å². The van der Waals surface area contributed by atoms with Crippen LogP contribution in [0.5, 0.6) is 0 Å². The summed E-state index contributed by atoms with van der Waals surface area (Å²) in [4.78, 5) is 25.7. The number of anilines is 1. The van der Waals surface area contributed by atoms with Crippen LogP contribution in [-0.2, 0) is 9.59 Å². The lowest BCUT2D eigenvalue weighted by Crippen LogP contribution is -2.47. The molecule has 2 rings (SSSR count). The molecule has 1 aromatic carbocycles. The van der Waals surface area contributed by atoms with Crippen LogP contribution in [0.1, 0.15) is 44.6 Å². The minimum Gasteiger partial charge on any atom is -0.398 e. The number of likely N-dealkylation sites (tertiary alicyclic amines) is 1. The van der Waals surface area contributed by atoms with Crippen molar-refractivity contribution in [3.05, 3.63) is 29.8 Å². The SMILES string of the molecule is CCC(C)N1C(=O)CC(c2ccccc2N)CC1=O. The van der Waals surface area contributed by atoms with Gasteiger partial charge in [0.15, 0.2) is 0 Å². The highest BCUT2D eigenvalue weighted by atomic mass is 16.2. The van der Waals surface area contributed by atoms with Crippen molar-refractivity contribution in [1.29, 1.82) is 0 Å². The standard InChI is InChI=1S/C15H20N2O2/c1-3-10(2)17-14(18)8-11(9-15(17)19)12-6-4-5-7-13(12)16/h4-7,10-11H,3,8-9,16H2,1-2H3. The van der Waals surface area contributed by atoms with Crippen LogP contribution in [-0.4, -0.2) is 22.8 Å². The van der Waals surface area contributed by atoms with Gasteiger partial charge in [0.05, 0.1) is 0 Å². The number of rotatable bonds is 3. The van der Waals surface area contributed by atoms with Crippen molar-refractivity contribution >= 4 is 17.5 Å². The number of carbonyl (C=O) groups excluding carboxylic acids is 2. The van der Waals surface area contributed by atoms with Crippen molar-refractivity contribution in [2.45, 2.75) is 45.1 Å². The number of carbonyl (C=O) groups is 2. The Balaban J connectivity index is 2.21. The summed E-state index contributed by atoms with van der Waals surface area (Å²) in [5.74, 6) is -0.251. The van der Waals surface area contributed by atoms with Crippen LogP contribution < -0.4 is 5.73 Å². The summed E-state index contributed by atoms with van der Waals surface area (Å²) in [5, 5.41) is 0. The van der Waals surface area contributed by atoms with E-state index in [1.54, 1.807) is 0 Å². The number of hydrogen-bond acceptors (Lipinski definition) is 3. The lowest BCUT2D eigenvalue weighted by atomic mass is 9.87. The van der Waals surface area contributed by atoms with E-state index >= 15 is 0 Å². The van der Waals surface area contributed by atoms with Gasteiger partial charge in [0.25, 0.3) is 0 Å². The number of hydrogen-bond donors (Lipinski definition) is 1. The van der Waals surface area contributed by atoms with Crippen LogP contribution in [0.2, 0.25) is 0 Å². The average Bonchev–Trinajstić information content (AvgIpc) is 2.38. The molecule has 1 atom stereocenters. The zero-order chi connectivity index (χ0) is 14.0. The van der Waals surface area contributed by atoms with Crippen molar-refractivity contribution in [2.24, 2.45) is 0 Å². The van der Waals surface area contributed by atoms with Gasteiger partial charge in [-0.25, -0.2) is 0 Å². The Morgan fingerprint density at radius 3 is 2.37 bits per heavy atom. The predicted octanol–water partition coefficient (Wildman–Crippen LogP) is 2.30. The molecule has 1 fully saturated rings. The normalized spacial score (nSPS) is 18.7. The Labute approximate surface area is 113 Å². The second-order valence-corrected chi connectivity index (χ2v) is 5.15. The van der Waals surface area contributed by atoms with E-state index in [0.29, 0.717) is 18.5 Å². The first-order valence-corrected chi connectivity index (χ1v) is 6.73. The first-order chi connectivity index (χ1) is 9.04. The van der Waals surface area contributed by atoms with E-state index in [0.717, 1.165) is 12.0 Å². The van der Waals surface area contributed by atoms with E-state index in [2.05, 4.69) is 0 Å². The summed E-state index contributed by atoms with van der Waals surface area (Å²) in [6, 6.07) is 7.44. The first-order valence-electron chi connectivity index (χ1n) is 6.73. The molecule has 1 aromatic rings. The Morgan fingerprint density at radius 2 is 1.84 bits per heavy atom. The number of amides is 2. The summed E-state index contributed by atoms with van der Waals surface area (Å²) in [6.45, 7) is 3.89. The summed E-state index contributed by atoms with van der Waals surface area (Å²) in [7, 11) is 0. The van der Waals surface area contributed by atoms with Gasteiger partial charge in [-0.1, -0.05) is 25.1 Å². The molecule has 1 unspecified atom stereocenters. The van der Waals surface area contributed by atoms with Crippen molar-refractivity contribution < 1.29 is 9.59 Å². The van der Waals surface area contributed by atoms with Crippen molar-refractivity contribution in [3.8, 4) is 0 Å². The zero-order valence-electron chi connectivity index (χ0n) is 11.4. The number of para-hydroxylation sites is 1. The third kappa shape index (κ3) is 2.62. The maximum Gasteiger partial charge on any atom is 0.230 e. The van der Waals surface area contributed by atoms with E-state index < -0.39 is 0 Å². The Bertz CT molecular complexity index is 481. The number of nitrogens with two attached hydrogens (primary N) is 1. The fraction of sp³-hybridized carbons (Fsp3) is 0.467. The minimum atomic E-state index is -0.0844. The molecule has 0 spiro atoms. The molecule has 1 aliphatic rings. The Morgan fingerprint density at radius 1 is 1.26 bits per heavy atom. The van der Waals surface area contributed by atoms with Gasteiger partial charge < -0.3 is 5.73 Å². The molecule has 2 N–H and O–H groups in total. The largest absolute Gasteiger partial charge is 0.398 e. The van der Waals surface area contributed by atoms with E-state index in [9.17, 15) is 9.59 Å². The first kappa shape index (κ1) is 13.6.